The van der Waals surface area contributed by atoms with Crippen molar-refractivity contribution in [3.8, 4) is 0 Å². The van der Waals surface area contributed by atoms with Gasteiger partial charge in [0.1, 0.15) is 6.54 Å². The van der Waals surface area contributed by atoms with Crippen molar-refractivity contribution < 1.29 is 4.57 Å². The molecule has 1 nitrogen and oxygen atoms in total. The topological polar surface area (TPSA) is 3.88 Å². The lowest BCUT2D eigenvalue weighted by atomic mass is 9.87. The molecule has 1 saturated carbocycles. The minimum Gasteiger partial charge on any atom is -0.198 e. The summed E-state index contributed by atoms with van der Waals surface area (Å²) in [5.74, 6) is 0.963. The number of pyridine rings is 1. The number of nitrogens with zero attached hydrogens (tertiary/aromatic N) is 1. The highest BCUT2D eigenvalue weighted by atomic mass is 14.9. The average Bonchev–Trinajstić information content (AvgIpc) is 2.46. The monoisotopic (exact) mass is 240 g/mol. The van der Waals surface area contributed by atoms with Gasteiger partial charge in [0, 0.05) is 23.9 Å². The van der Waals surface area contributed by atoms with Crippen LogP contribution in [0.4, 0.5) is 0 Å². The first-order chi connectivity index (χ1) is 8.93. The van der Waals surface area contributed by atoms with Crippen molar-refractivity contribution in [1.82, 2.24) is 0 Å². The van der Waals surface area contributed by atoms with Crippen LogP contribution in [0.1, 0.15) is 38.5 Å². The van der Waals surface area contributed by atoms with Crippen LogP contribution in [0.25, 0.3) is 10.9 Å². The third-order valence-corrected chi connectivity index (χ3v) is 4.29. The molecule has 0 spiro atoms. The Bertz CT molecular complexity index is 507. The second-order valence-corrected chi connectivity index (χ2v) is 5.55. The maximum absolute atomic E-state index is 2.42. The zero-order chi connectivity index (χ0) is 12.2. The smallest absolute Gasteiger partial charge is 0.198 e. The molecule has 0 aliphatic heterocycles. The molecule has 3 rings (SSSR count). The van der Waals surface area contributed by atoms with E-state index in [4.69, 9.17) is 0 Å². The number of fused-ring (bicyclic) bond motifs is 1. The van der Waals surface area contributed by atoms with Gasteiger partial charge in [0.15, 0.2) is 6.20 Å². The molecule has 1 fully saturated rings. The van der Waals surface area contributed by atoms with Crippen LogP contribution < -0.4 is 4.57 Å². The number of hydrogen-bond donors (Lipinski definition) is 0. The summed E-state index contributed by atoms with van der Waals surface area (Å²) in [5.41, 5.74) is 1.37. The molecule has 0 bridgehead atoms. The van der Waals surface area contributed by atoms with Crippen LogP contribution in [0.3, 0.4) is 0 Å². The highest BCUT2D eigenvalue weighted by Crippen LogP contribution is 2.26. The molecule has 1 aromatic heterocycles. The van der Waals surface area contributed by atoms with Gasteiger partial charge in [0.05, 0.1) is 0 Å². The molecule has 1 heterocycles. The lowest BCUT2D eigenvalue weighted by molar-refractivity contribution is -0.672. The number of aryl methyl sites for hydroxylation is 1. The van der Waals surface area contributed by atoms with E-state index in [1.807, 2.05) is 0 Å². The molecule has 0 amide bonds. The number of hydrogen-bond acceptors (Lipinski definition) is 0. The molecule has 0 atom stereocenters. The summed E-state index contributed by atoms with van der Waals surface area (Å²) in [7, 11) is 0. The predicted octanol–water partition coefficient (Wildman–Crippen LogP) is 4.10. The van der Waals surface area contributed by atoms with Crippen LogP contribution in [0.2, 0.25) is 0 Å². The average molecular weight is 240 g/mol. The summed E-state index contributed by atoms with van der Waals surface area (Å²) in [6.07, 6.45) is 10.8. The fourth-order valence-electron chi connectivity index (χ4n) is 3.21. The van der Waals surface area contributed by atoms with Crippen molar-refractivity contribution in [2.24, 2.45) is 5.92 Å². The van der Waals surface area contributed by atoms with Gasteiger partial charge in [-0.2, -0.15) is 4.57 Å². The Morgan fingerprint density at radius 2 is 1.72 bits per heavy atom. The lowest BCUT2D eigenvalue weighted by Gasteiger charge is -2.20. The van der Waals surface area contributed by atoms with Gasteiger partial charge in [-0.05, 0) is 18.1 Å². The van der Waals surface area contributed by atoms with E-state index >= 15 is 0 Å². The number of para-hydroxylation sites is 1. The number of rotatable bonds is 3. The van der Waals surface area contributed by atoms with Crippen molar-refractivity contribution in [3.63, 3.8) is 0 Å². The maximum Gasteiger partial charge on any atom is 0.212 e. The summed E-state index contributed by atoms with van der Waals surface area (Å²) in [6.45, 7) is 1.17. The quantitative estimate of drug-likeness (QED) is 0.711. The van der Waals surface area contributed by atoms with E-state index in [9.17, 15) is 0 Å². The fraction of sp³-hybridized carbons (Fsp3) is 0.471. The molecule has 2 aromatic rings. The number of benzene rings is 1. The molecule has 0 radical (unpaired) electrons. The van der Waals surface area contributed by atoms with E-state index in [-0.39, 0.29) is 0 Å². The first-order valence-corrected chi connectivity index (χ1v) is 7.31. The van der Waals surface area contributed by atoms with E-state index < -0.39 is 0 Å². The van der Waals surface area contributed by atoms with Crippen LogP contribution in [0, 0.1) is 5.92 Å². The van der Waals surface area contributed by atoms with E-state index in [0.717, 1.165) is 5.92 Å². The first kappa shape index (κ1) is 11.7. The van der Waals surface area contributed by atoms with Gasteiger partial charge < -0.3 is 0 Å². The Balaban J connectivity index is 1.74. The summed E-state index contributed by atoms with van der Waals surface area (Å²) < 4.78 is 2.42. The molecule has 1 aromatic carbocycles. The van der Waals surface area contributed by atoms with Gasteiger partial charge in [0.2, 0.25) is 5.52 Å². The van der Waals surface area contributed by atoms with Gasteiger partial charge in [-0.1, -0.05) is 44.2 Å². The third kappa shape index (κ3) is 2.55. The van der Waals surface area contributed by atoms with Gasteiger partial charge in [-0.25, -0.2) is 0 Å². The van der Waals surface area contributed by atoms with Gasteiger partial charge in [0.25, 0.3) is 0 Å². The minimum absolute atomic E-state index is 0.963. The van der Waals surface area contributed by atoms with Gasteiger partial charge in [-0.15, -0.1) is 0 Å². The molecule has 1 aliphatic carbocycles. The van der Waals surface area contributed by atoms with E-state index in [0.29, 0.717) is 0 Å². The van der Waals surface area contributed by atoms with Crippen LogP contribution in [0.15, 0.2) is 42.6 Å². The van der Waals surface area contributed by atoms with Crippen molar-refractivity contribution >= 4 is 10.9 Å². The van der Waals surface area contributed by atoms with E-state index in [1.165, 1.54) is 56.0 Å². The predicted molar refractivity (Wildman–Crippen MR) is 75.3 cm³/mol. The maximum atomic E-state index is 2.42. The third-order valence-electron chi connectivity index (χ3n) is 4.29. The largest absolute Gasteiger partial charge is 0.212 e. The summed E-state index contributed by atoms with van der Waals surface area (Å²) in [5, 5.41) is 1.35. The first-order valence-electron chi connectivity index (χ1n) is 7.31. The standard InChI is InChI=1S/C17H22N/c1-2-7-15(8-3-1)12-14-18-13-6-10-16-9-4-5-11-17(16)18/h4-6,9-11,13,15H,1-3,7-8,12,14H2/q+1. The Morgan fingerprint density at radius 1 is 0.944 bits per heavy atom. The van der Waals surface area contributed by atoms with Crippen molar-refractivity contribution in [1.29, 1.82) is 0 Å². The fourth-order valence-corrected chi connectivity index (χ4v) is 3.21. The second-order valence-electron chi connectivity index (χ2n) is 5.55. The van der Waals surface area contributed by atoms with Crippen LogP contribution in [-0.4, -0.2) is 0 Å². The van der Waals surface area contributed by atoms with E-state index in [1.54, 1.807) is 0 Å². The molecular formula is C17H22N+. The lowest BCUT2D eigenvalue weighted by Crippen LogP contribution is -2.35. The highest BCUT2D eigenvalue weighted by molar-refractivity contribution is 5.74. The molecule has 18 heavy (non-hydrogen) atoms. The Labute approximate surface area is 109 Å². The van der Waals surface area contributed by atoms with Gasteiger partial charge in [-0.3, -0.25) is 0 Å². The van der Waals surface area contributed by atoms with Crippen LogP contribution in [-0.2, 0) is 6.54 Å². The molecular weight excluding hydrogens is 218 g/mol. The molecule has 1 aliphatic rings. The molecule has 0 N–H and O–H groups in total. The Hall–Kier alpha value is -1.37. The van der Waals surface area contributed by atoms with Gasteiger partial charge >= 0.3 is 0 Å². The normalized spacial score (nSPS) is 17.1. The van der Waals surface area contributed by atoms with Crippen molar-refractivity contribution in [2.75, 3.05) is 0 Å². The SMILES string of the molecule is c1ccc2c(c1)ccc[n+]2CCC1CCCCC1. The summed E-state index contributed by atoms with van der Waals surface area (Å²) in [4.78, 5) is 0. The molecule has 94 valence electrons. The summed E-state index contributed by atoms with van der Waals surface area (Å²) in [6, 6.07) is 13.1. The van der Waals surface area contributed by atoms with Crippen LogP contribution >= 0.6 is 0 Å². The second kappa shape index (κ2) is 5.51. The summed E-state index contributed by atoms with van der Waals surface area (Å²) >= 11 is 0. The number of aromatic nitrogens is 1. The molecule has 0 unspecified atom stereocenters. The zero-order valence-corrected chi connectivity index (χ0v) is 11.0. The Kier molecular flexibility index (Phi) is 3.59. The minimum atomic E-state index is 0.963. The zero-order valence-electron chi connectivity index (χ0n) is 11.0. The molecule has 0 saturated heterocycles. The van der Waals surface area contributed by atoms with E-state index in [2.05, 4.69) is 47.2 Å². The van der Waals surface area contributed by atoms with Crippen LogP contribution in [0.5, 0.6) is 0 Å². The molecule has 1 heteroatoms. The van der Waals surface area contributed by atoms with Crippen molar-refractivity contribution in [2.45, 2.75) is 45.1 Å². The Morgan fingerprint density at radius 3 is 2.61 bits per heavy atom. The van der Waals surface area contributed by atoms with Crippen molar-refractivity contribution in [3.05, 3.63) is 42.6 Å². The highest BCUT2D eigenvalue weighted by Gasteiger charge is 2.16.